The summed E-state index contributed by atoms with van der Waals surface area (Å²) in [5.74, 6) is 0.845. The Kier molecular flexibility index (Phi) is 13.8. The lowest BCUT2D eigenvalue weighted by Gasteiger charge is -2.47. The quantitative estimate of drug-likeness (QED) is 0.0912. The van der Waals surface area contributed by atoms with Crippen LogP contribution in [-0.4, -0.2) is 38.1 Å². The van der Waals surface area contributed by atoms with E-state index in [9.17, 15) is 0 Å². The van der Waals surface area contributed by atoms with Gasteiger partial charge in [0.1, 0.15) is 36.3 Å². The first-order valence-electron chi connectivity index (χ1n) is 20.3. The second-order valence-electron chi connectivity index (χ2n) is 15.2. The predicted octanol–water partition coefficient (Wildman–Crippen LogP) is 11.0. The van der Waals surface area contributed by atoms with Crippen molar-refractivity contribution in [3.63, 3.8) is 0 Å². The van der Waals surface area contributed by atoms with Gasteiger partial charge in [0.15, 0.2) is 0 Å². The number of fused-ring (bicyclic) bond motifs is 1. The number of hydrogen-bond donors (Lipinski definition) is 0. The molecule has 1 aliphatic carbocycles. The van der Waals surface area contributed by atoms with Gasteiger partial charge in [-0.15, -0.1) is 0 Å². The van der Waals surface area contributed by atoms with Crippen molar-refractivity contribution in [1.82, 2.24) is 0 Å². The van der Waals surface area contributed by atoms with E-state index in [1.807, 2.05) is 72.8 Å². The molecule has 0 bridgehead atoms. The monoisotopic (exact) mass is 838 g/mol. The summed E-state index contributed by atoms with van der Waals surface area (Å²) in [7, 11) is 1.70. The Labute approximate surface area is 351 Å². The van der Waals surface area contributed by atoms with E-state index in [0.717, 1.165) is 59.3 Å². The molecule has 6 aromatic rings. The van der Waals surface area contributed by atoms with Crippen LogP contribution in [0, 0.1) is 0 Å². The average molecular weight is 840 g/mol. The second-order valence-corrected chi connectivity index (χ2v) is 15.9. The zero-order valence-electron chi connectivity index (χ0n) is 33.0. The van der Waals surface area contributed by atoms with Crippen molar-refractivity contribution in [3.05, 3.63) is 206 Å². The van der Waals surface area contributed by atoms with Gasteiger partial charge in [-0.1, -0.05) is 155 Å². The molecule has 1 fully saturated rings. The van der Waals surface area contributed by atoms with Gasteiger partial charge in [-0.2, -0.15) is 0 Å². The lowest BCUT2D eigenvalue weighted by atomic mass is 9.85. The molecule has 0 N–H and O–H groups in total. The maximum absolute atomic E-state index is 7.41. The second kappa shape index (κ2) is 19.9. The Bertz CT molecular complexity index is 2160. The zero-order valence-corrected chi connectivity index (χ0v) is 34.6. The van der Waals surface area contributed by atoms with Crippen LogP contribution in [0.3, 0.4) is 0 Å². The van der Waals surface area contributed by atoms with Crippen LogP contribution in [0.2, 0.25) is 0 Å². The minimum atomic E-state index is -0.505. The maximum Gasteiger partial charge on any atom is 0.118 e. The number of hydrogen-bond acceptors (Lipinski definition) is 6. The highest BCUT2D eigenvalue weighted by Gasteiger charge is 2.50. The van der Waals surface area contributed by atoms with E-state index in [1.54, 1.807) is 7.11 Å². The molecule has 0 saturated carbocycles. The lowest BCUT2D eigenvalue weighted by molar-refractivity contribution is -0.275. The van der Waals surface area contributed by atoms with Crippen molar-refractivity contribution >= 4 is 15.9 Å². The van der Waals surface area contributed by atoms with Crippen LogP contribution < -0.4 is 4.74 Å². The maximum atomic E-state index is 7.41. The van der Waals surface area contributed by atoms with Crippen molar-refractivity contribution < 1.29 is 28.4 Å². The van der Waals surface area contributed by atoms with Gasteiger partial charge in [0.2, 0.25) is 0 Å². The third-order valence-corrected chi connectivity index (χ3v) is 12.2. The van der Waals surface area contributed by atoms with Gasteiger partial charge in [0.05, 0.1) is 40.1 Å². The van der Waals surface area contributed by atoms with Gasteiger partial charge in [-0.05, 0) is 87.9 Å². The number of rotatable bonds is 17. The highest BCUT2D eigenvalue weighted by Crippen LogP contribution is 2.45. The van der Waals surface area contributed by atoms with E-state index in [2.05, 4.69) is 94.8 Å². The molecule has 1 saturated heterocycles. The van der Waals surface area contributed by atoms with E-state index >= 15 is 0 Å². The molecule has 0 aromatic heterocycles. The molecule has 1 aliphatic heterocycles. The minimum Gasteiger partial charge on any atom is -0.497 e. The number of halogens is 1. The topological polar surface area (TPSA) is 55.4 Å². The van der Waals surface area contributed by atoms with E-state index in [-0.39, 0.29) is 0 Å². The van der Waals surface area contributed by atoms with E-state index in [0.29, 0.717) is 33.0 Å². The normalized spacial score (nSPS) is 20.1. The van der Waals surface area contributed by atoms with E-state index < -0.39 is 30.5 Å². The summed E-state index contributed by atoms with van der Waals surface area (Å²) < 4.78 is 41.8. The van der Waals surface area contributed by atoms with Gasteiger partial charge in [0.25, 0.3) is 0 Å². The molecule has 2 aliphatic rings. The first kappa shape index (κ1) is 40.2. The fourth-order valence-electron chi connectivity index (χ4n) is 8.22. The van der Waals surface area contributed by atoms with Crippen LogP contribution in [0.4, 0.5) is 0 Å². The fraction of sp³-hybridized carbons (Fsp3) is 0.294. The SMILES string of the molecule is COc1ccc(Cc2cc(C3O[C@H](COCc4ccccc4)[C@@H](OCc4ccccc4)[C@H](OCc4ccccc4)[C@H]3OCc3ccccc3)c3c(c2Br)CCC3)cc1. The summed E-state index contributed by atoms with van der Waals surface area (Å²) in [5, 5.41) is 0. The molecule has 298 valence electrons. The highest BCUT2D eigenvalue weighted by molar-refractivity contribution is 9.10. The Balaban J connectivity index is 1.21. The number of methoxy groups -OCH3 is 1. The molecule has 58 heavy (non-hydrogen) atoms. The fourth-order valence-corrected chi connectivity index (χ4v) is 8.91. The molecule has 8 rings (SSSR count). The van der Waals surface area contributed by atoms with Gasteiger partial charge in [-0.3, -0.25) is 0 Å². The van der Waals surface area contributed by atoms with Crippen LogP contribution in [0.5, 0.6) is 5.75 Å². The van der Waals surface area contributed by atoms with Crippen LogP contribution in [0.1, 0.15) is 62.6 Å². The van der Waals surface area contributed by atoms with Crippen LogP contribution >= 0.6 is 15.9 Å². The molecule has 1 heterocycles. The Hall–Kier alpha value is -4.60. The molecule has 6 aromatic carbocycles. The summed E-state index contributed by atoms with van der Waals surface area (Å²) >= 11 is 4.07. The van der Waals surface area contributed by atoms with Gasteiger partial charge >= 0.3 is 0 Å². The zero-order chi connectivity index (χ0) is 39.5. The largest absolute Gasteiger partial charge is 0.497 e. The van der Waals surface area contributed by atoms with Crippen molar-refractivity contribution in [3.8, 4) is 5.75 Å². The van der Waals surface area contributed by atoms with Gasteiger partial charge in [-0.25, -0.2) is 0 Å². The predicted molar refractivity (Wildman–Crippen MR) is 231 cm³/mol. The van der Waals surface area contributed by atoms with E-state index in [1.165, 1.54) is 26.7 Å². The Morgan fingerprint density at radius 3 is 1.60 bits per heavy atom. The summed E-state index contributed by atoms with van der Waals surface area (Å²) in [6.07, 6.45) is 1.39. The van der Waals surface area contributed by atoms with Gasteiger partial charge < -0.3 is 28.4 Å². The standard InChI is InChI=1S/C51H51BrO6/c1-53-42-27-25-36(26-28-42)29-41-30-45(43-23-14-24-44(43)47(41)52)48-50(56-33-39-19-10-4-11-20-39)51(57-34-40-21-12-5-13-22-40)49(55-32-38-17-8-3-9-18-38)46(58-48)35-54-31-37-15-6-2-7-16-37/h2-13,15-22,25-28,30,46,48-51H,14,23-24,29,31-35H2,1H3/t46-,48?,49-,50+,51+/m1/s1. The van der Waals surface area contributed by atoms with Gasteiger partial charge in [0, 0.05) is 4.47 Å². The van der Waals surface area contributed by atoms with Crippen LogP contribution in [-0.2, 0) is 69.4 Å². The molecule has 1 unspecified atom stereocenters. The molecule has 0 amide bonds. The van der Waals surface area contributed by atoms with Crippen molar-refractivity contribution in [2.45, 2.75) is 82.6 Å². The van der Waals surface area contributed by atoms with Crippen LogP contribution in [0.15, 0.2) is 156 Å². The lowest BCUT2D eigenvalue weighted by Crippen LogP contribution is -2.58. The summed E-state index contributed by atoms with van der Waals surface area (Å²) in [5.41, 5.74) is 10.6. The van der Waals surface area contributed by atoms with E-state index in [4.69, 9.17) is 28.4 Å². The number of benzene rings is 6. The Morgan fingerprint density at radius 1 is 0.552 bits per heavy atom. The molecule has 7 heteroatoms. The first-order chi connectivity index (χ1) is 28.6. The first-order valence-corrected chi connectivity index (χ1v) is 21.1. The summed E-state index contributed by atoms with van der Waals surface area (Å²) in [4.78, 5) is 0. The Morgan fingerprint density at radius 2 is 1.05 bits per heavy atom. The van der Waals surface area contributed by atoms with Crippen LogP contribution in [0.25, 0.3) is 0 Å². The minimum absolute atomic E-state index is 0.318. The molecular weight excluding hydrogens is 788 g/mol. The number of ether oxygens (including phenoxy) is 6. The highest BCUT2D eigenvalue weighted by atomic mass is 79.9. The molecular formula is C51H51BrO6. The van der Waals surface area contributed by atoms with Crippen molar-refractivity contribution in [1.29, 1.82) is 0 Å². The van der Waals surface area contributed by atoms with Crippen molar-refractivity contribution in [2.24, 2.45) is 0 Å². The molecule has 0 radical (unpaired) electrons. The van der Waals surface area contributed by atoms with Crippen molar-refractivity contribution in [2.75, 3.05) is 13.7 Å². The third kappa shape index (κ3) is 9.98. The molecule has 5 atom stereocenters. The average Bonchev–Trinajstić information content (AvgIpc) is 3.78. The molecule has 0 spiro atoms. The molecule has 6 nitrogen and oxygen atoms in total. The smallest absolute Gasteiger partial charge is 0.118 e. The summed E-state index contributed by atoms with van der Waals surface area (Å²) in [6.45, 7) is 1.96. The summed E-state index contributed by atoms with van der Waals surface area (Å²) in [6, 6.07) is 51.9. The third-order valence-electron chi connectivity index (χ3n) is 11.2.